The first-order valence-electron chi connectivity index (χ1n) is 7.05. The third-order valence-corrected chi connectivity index (χ3v) is 6.34. The van der Waals surface area contributed by atoms with Crippen LogP contribution in [0.15, 0.2) is 0 Å². The molecule has 0 amide bonds. The Morgan fingerprint density at radius 1 is 1.04 bits per heavy atom. The summed E-state index contributed by atoms with van der Waals surface area (Å²) in [5.41, 5.74) is 0. The number of esters is 2. The monoisotopic (exact) mass is 384 g/mol. The predicted octanol–water partition coefficient (Wildman–Crippen LogP) is -6.12. The van der Waals surface area contributed by atoms with Crippen molar-refractivity contribution < 1.29 is 78.0 Å². The van der Waals surface area contributed by atoms with E-state index in [1.165, 1.54) is 6.92 Å². The number of rotatable bonds is 9. The van der Waals surface area contributed by atoms with Gasteiger partial charge in [-0.25, -0.2) is 16.8 Å². The molecule has 0 radical (unpaired) electrons. The molecule has 0 N–H and O–H groups in total. The minimum absolute atomic E-state index is 0. The molecule has 3 unspecified atom stereocenters. The molecule has 3 atom stereocenters. The van der Waals surface area contributed by atoms with Crippen LogP contribution in [0.25, 0.3) is 0 Å². The van der Waals surface area contributed by atoms with Gasteiger partial charge in [-0.15, -0.1) is 0 Å². The minimum atomic E-state index is -4.64. The second-order valence-electron chi connectivity index (χ2n) is 5.62. The molecule has 25 heavy (non-hydrogen) atoms. The maximum atomic E-state index is 11.3. The number of hydrogen-bond acceptors (Lipinski definition) is 9. The van der Waals surface area contributed by atoms with Crippen molar-refractivity contribution in [3.8, 4) is 0 Å². The number of carbonyl (C=O) groups excluding carboxylic acids is 2. The van der Waals surface area contributed by atoms with Crippen molar-refractivity contribution in [1.29, 1.82) is 0 Å². The zero-order chi connectivity index (χ0) is 17.8. The molecule has 0 aromatic rings. The van der Waals surface area contributed by atoms with Gasteiger partial charge in [-0.2, -0.15) is 0 Å². The Bertz CT molecular complexity index is 660. The maximum absolute atomic E-state index is 11.3. The van der Waals surface area contributed by atoms with E-state index in [4.69, 9.17) is 0 Å². The quantitative estimate of drug-likeness (QED) is 0.163. The zero-order valence-electron chi connectivity index (χ0n) is 14.5. The van der Waals surface area contributed by atoms with Crippen molar-refractivity contribution >= 4 is 32.2 Å². The van der Waals surface area contributed by atoms with E-state index in [0.717, 1.165) is 0 Å². The Morgan fingerprint density at radius 2 is 1.60 bits per heavy atom. The van der Waals surface area contributed by atoms with Crippen molar-refractivity contribution in [2.24, 2.45) is 5.92 Å². The Balaban J connectivity index is 0. The Morgan fingerprint density at radius 3 is 2.00 bits per heavy atom. The molecule has 0 spiro atoms. The standard InChI is InChI=1S/C12H20O9S2.2Li/c1-8(22(15,16)17)3-2-4-10(23(18,19)20)6-5-9-7-11(13)21-12(9)14;;/h8-10H,2-7H2,1H3,(H,15,16,17)(H,18,19,20);;/q;2*+1/p-2. The molecule has 1 heterocycles. The third kappa shape index (κ3) is 9.59. The predicted molar refractivity (Wildman–Crippen MR) is 74.9 cm³/mol. The second kappa shape index (κ2) is 11.1. The molecule has 9 nitrogen and oxygen atoms in total. The van der Waals surface area contributed by atoms with E-state index >= 15 is 0 Å². The Labute approximate surface area is 171 Å². The van der Waals surface area contributed by atoms with E-state index in [1.807, 2.05) is 0 Å². The molecule has 0 aliphatic carbocycles. The van der Waals surface area contributed by atoms with E-state index in [9.17, 15) is 35.5 Å². The zero-order valence-corrected chi connectivity index (χ0v) is 16.1. The molecular formula is C12H18Li2O9S2. The summed E-state index contributed by atoms with van der Waals surface area (Å²) >= 11 is 0. The topological polar surface area (TPSA) is 158 Å². The number of hydrogen-bond donors (Lipinski definition) is 0. The van der Waals surface area contributed by atoms with Gasteiger partial charge in [0.2, 0.25) is 0 Å². The normalized spacial score (nSPS) is 20.2. The van der Waals surface area contributed by atoms with Crippen LogP contribution in [-0.2, 0) is 34.6 Å². The Kier molecular flexibility index (Phi) is 12.2. The average molecular weight is 384 g/mol. The van der Waals surface area contributed by atoms with Crippen molar-refractivity contribution in [3.63, 3.8) is 0 Å². The maximum Gasteiger partial charge on any atom is 1.00 e. The molecule has 13 heteroatoms. The van der Waals surface area contributed by atoms with E-state index in [1.54, 1.807) is 0 Å². The average Bonchev–Trinajstić information content (AvgIpc) is 2.69. The molecule has 1 aliphatic heterocycles. The third-order valence-electron chi connectivity index (χ3n) is 3.84. The van der Waals surface area contributed by atoms with Gasteiger partial charge in [0.25, 0.3) is 0 Å². The molecule has 134 valence electrons. The van der Waals surface area contributed by atoms with Gasteiger partial charge in [0.1, 0.15) is 0 Å². The van der Waals surface area contributed by atoms with Crippen molar-refractivity contribution in [2.45, 2.75) is 55.9 Å². The van der Waals surface area contributed by atoms with Gasteiger partial charge in [0.05, 0.1) is 32.6 Å². The van der Waals surface area contributed by atoms with E-state index in [2.05, 4.69) is 4.74 Å². The van der Waals surface area contributed by atoms with Gasteiger partial charge >= 0.3 is 49.7 Å². The first-order chi connectivity index (χ1) is 10.4. The van der Waals surface area contributed by atoms with Crippen molar-refractivity contribution in [1.82, 2.24) is 0 Å². The van der Waals surface area contributed by atoms with Gasteiger partial charge in [-0.1, -0.05) is 6.42 Å². The largest absolute Gasteiger partial charge is 1.00 e. The van der Waals surface area contributed by atoms with Crippen LogP contribution in [0.4, 0.5) is 0 Å². The first kappa shape index (κ1) is 27.4. The van der Waals surface area contributed by atoms with Crippen molar-refractivity contribution in [2.75, 3.05) is 0 Å². The molecule has 0 saturated carbocycles. The summed E-state index contributed by atoms with van der Waals surface area (Å²) in [4.78, 5) is 22.2. The van der Waals surface area contributed by atoms with E-state index < -0.39 is 48.6 Å². The minimum Gasteiger partial charge on any atom is -0.748 e. The van der Waals surface area contributed by atoms with Gasteiger partial charge in [0.15, 0.2) is 0 Å². The summed E-state index contributed by atoms with van der Waals surface area (Å²) in [6.07, 6.45) is -0.342. The summed E-state index contributed by atoms with van der Waals surface area (Å²) in [7, 11) is -9.09. The second-order valence-corrected chi connectivity index (χ2v) is 9.06. The van der Waals surface area contributed by atoms with Crippen molar-refractivity contribution in [3.05, 3.63) is 0 Å². The molecule has 0 aromatic heterocycles. The van der Waals surface area contributed by atoms with Crippen LogP contribution in [0.3, 0.4) is 0 Å². The van der Waals surface area contributed by atoms with Gasteiger partial charge < -0.3 is 13.8 Å². The summed E-state index contributed by atoms with van der Waals surface area (Å²) < 4.78 is 70.3. The molecular weight excluding hydrogens is 366 g/mol. The molecule has 1 saturated heterocycles. The number of ether oxygens (including phenoxy) is 1. The smallest absolute Gasteiger partial charge is 0.748 e. The van der Waals surface area contributed by atoms with Crippen LogP contribution in [-0.4, -0.2) is 48.4 Å². The van der Waals surface area contributed by atoms with Crippen LogP contribution in [0.2, 0.25) is 0 Å². The molecule has 1 rings (SSSR count). The van der Waals surface area contributed by atoms with Gasteiger partial charge in [-0.05, 0) is 32.6 Å². The van der Waals surface area contributed by atoms with Crippen LogP contribution in [0.1, 0.15) is 45.4 Å². The summed E-state index contributed by atoms with van der Waals surface area (Å²) in [6.45, 7) is 1.21. The first-order valence-corrected chi connectivity index (χ1v) is 9.99. The van der Waals surface area contributed by atoms with Crippen LogP contribution >= 0.6 is 0 Å². The van der Waals surface area contributed by atoms with Gasteiger partial charge in [0, 0.05) is 10.5 Å². The number of carbonyl (C=O) groups is 2. The summed E-state index contributed by atoms with van der Waals surface area (Å²) in [6, 6.07) is 0. The fourth-order valence-corrected chi connectivity index (χ4v) is 3.67. The molecule has 0 aromatic carbocycles. The van der Waals surface area contributed by atoms with E-state index in [-0.39, 0.29) is 76.2 Å². The molecule has 1 fully saturated rings. The fraction of sp³-hybridized carbons (Fsp3) is 0.833. The van der Waals surface area contributed by atoms with Crippen LogP contribution in [0, 0.1) is 5.92 Å². The van der Waals surface area contributed by atoms with Gasteiger partial charge in [-0.3, -0.25) is 9.59 Å². The molecule has 1 aliphatic rings. The van der Waals surface area contributed by atoms with Crippen LogP contribution < -0.4 is 37.7 Å². The fourth-order valence-electron chi connectivity index (χ4n) is 2.34. The van der Waals surface area contributed by atoms with E-state index in [0.29, 0.717) is 0 Å². The Hall–Kier alpha value is 0.155. The molecule has 0 bridgehead atoms. The SMILES string of the molecule is CC(CCCC(CCC1CC(=O)OC1=O)S(=O)(=O)[O-])S(=O)(=O)[O-].[Li+].[Li+]. The number of cyclic esters (lactones) is 2. The summed E-state index contributed by atoms with van der Waals surface area (Å²) in [5.74, 6) is -2.17. The summed E-state index contributed by atoms with van der Waals surface area (Å²) in [5, 5.41) is -2.47. The van der Waals surface area contributed by atoms with Crippen LogP contribution in [0.5, 0.6) is 0 Å².